The first kappa shape index (κ1) is 13.1. The van der Waals surface area contributed by atoms with Crippen molar-refractivity contribution in [2.75, 3.05) is 13.1 Å². The Kier molecular flexibility index (Phi) is 3.69. The third-order valence-electron chi connectivity index (χ3n) is 3.60. The summed E-state index contributed by atoms with van der Waals surface area (Å²) in [5, 5.41) is 3.33. The summed E-state index contributed by atoms with van der Waals surface area (Å²) in [6, 6.07) is 3.75. The number of hydrogen-bond acceptors (Lipinski definition) is 3. The van der Waals surface area contributed by atoms with Gasteiger partial charge in [-0.1, -0.05) is 0 Å². The number of benzene rings is 1. The van der Waals surface area contributed by atoms with E-state index < -0.39 is 11.6 Å². The number of aromatic nitrogens is 2. The minimum absolute atomic E-state index is 0.384. The average molecular weight is 275 g/mol. The van der Waals surface area contributed by atoms with E-state index in [9.17, 15) is 8.78 Å². The van der Waals surface area contributed by atoms with Crippen LogP contribution in [0.25, 0.3) is 11.3 Å². The number of nitrogens with one attached hydrogen (secondary N) is 1. The van der Waals surface area contributed by atoms with Crippen molar-refractivity contribution in [3.63, 3.8) is 0 Å². The van der Waals surface area contributed by atoms with Crippen molar-refractivity contribution >= 4 is 0 Å². The van der Waals surface area contributed by atoms with Gasteiger partial charge in [0.15, 0.2) is 11.6 Å². The van der Waals surface area contributed by atoms with Crippen LogP contribution in [0.5, 0.6) is 0 Å². The van der Waals surface area contributed by atoms with Gasteiger partial charge in [0.2, 0.25) is 0 Å². The summed E-state index contributed by atoms with van der Waals surface area (Å²) in [7, 11) is 0. The second kappa shape index (κ2) is 5.63. The first-order valence-corrected chi connectivity index (χ1v) is 6.72. The second-order valence-electron chi connectivity index (χ2n) is 5.00. The summed E-state index contributed by atoms with van der Waals surface area (Å²) < 4.78 is 26.1. The molecular formula is C15H15F2N3. The van der Waals surface area contributed by atoms with E-state index in [1.54, 1.807) is 12.4 Å². The minimum Gasteiger partial charge on any atom is -0.316 e. The van der Waals surface area contributed by atoms with Gasteiger partial charge < -0.3 is 5.32 Å². The minimum atomic E-state index is -0.871. The highest BCUT2D eigenvalue weighted by molar-refractivity contribution is 5.57. The zero-order valence-electron chi connectivity index (χ0n) is 10.9. The zero-order chi connectivity index (χ0) is 13.9. The summed E-state index contributed by atoms with van der Waals surface area (Å²) in [6.07, 6.45) is 5.59. The maximum absolute atomic E-state index is 13.2. The van der Waals surface area contributed by atoms with Gasteiger partial charge in [-0.15, -0.1) is 0 Å². The first-order chi connectivity index (χ1) is 9.74. The molecule has 1 fully saturated rings. The highest BCUT2D eigenvalue weighted by Crippen LogP contribution is 2.23. The molecule has 0 saturated carbocycles. The Labute approximate surface area is 116 Å². The fourth-order valence-electron chi connectivity index (χ4n) is 2.46. The molecule has 1 aromatic heterocycles. The molecule has 1 atom stereocenters. The van der Waals surface area contributed by atoms with Crippen LogP contribution in [0.3, 0.4) is 0 Å². The van der Waals surface area contributed by atoms with E-state index in [0.717, 1.165) is 43.8 Å². The van der Waals surface area contributed by atoms with Crippen molar-refractivity contribution in [2.24, 2.45) is 0 Å². The van der Waals surface area contributed by atoms with Crippen LogP contribution in [0.15, 0.2) is 30.6 Å². The molecule has 3 rings (SSSR count). The summed E-state index contributed by atoms with van der Waals surface area (Å²) in [4.78, 5) is 8.73. The van der Waals surface area contributed by atoms with Crippen molar-refractivity contribution in [1.82, 2.24) is 15.3 Å². The topological polar surface area (TPSA) is 37.8 Å². The van der Waals surface area contributed by atoms with Crippen LogP contribution in [-0.4, -0.2) is 23.1 Å². The standard InChI is InChI=1S/C15H15F2N3/c16-12-4-3-10(6-13(12)17)14-8-20-15(9-19-14)11-2-1-5-18-7-11/h3-4,6,8-9,11,18H,1-2,5,7H2/t11-/m0/s1. The summed E-state index contributed by atoms with van der Waals surface area (Å²) in [5.74, 6) is -1.34. The molecule has 20 heavy (non-hydrogen) atoms. The lowest BCUT2D eigenvalue weighted by molar-refractivity contribution is 0.454. The zero-order valence-corrected chi connectivity index (χ0v) is 10.9. The van der Waals surface area contributed by atoms with Crippen molar-refractivity contribution < 1.29 is 8.78 Å². The Morgan fingerprint density at radius 2 is 2.00 bits per heavy atom. The van der Waals surface area contributed by atoms with Gasteiger partial charge in [0.05, 0.1) is 17.6 Å². The molecule has 1 N–H and O–H groups in total. The molecule has 2 heterocycles. The predicted octanol–water partition coefficient (Wildman–Crippen LogP) is 2.89. The molecule has 0 bridgehead atoms. The first-order valence-electron chi connectivity index (χ1n) is 6.72. The van der Waals surface area contributed by atoms with Crippen LogP contribution in [-0.2, 0) is 0 Å². The molecule has 0 amide bonds. The molecule has 0 unspecified atom stereocenters. The molecule has 0 spiro atoms. The fourth-order valence-corrected chi connectivity index (χ4v) is 2.46. The lowest BCUT2D eigenvalue weighted by atomic mass is 9.96. The van der Waals surface area contributed by atoms with Gasteiger partial charge >= 0.3 is 0 Å². The van der Waals surface area contributed by atoms with E-state index in [1.165, 1.54) is 6.07 Å². The molecule has 5 heteroatoms. The highest BCUT2D eigenvalue weighted by Gasteiger charge is 2.16. The average Bonchev–Trinajstić information content (AvgIpc) is 2.51. The number of nitrogens with zero attached hydrogens (tertiary/aromatic N) is 2. The monoisotopic (exact) mass is 275 g/mol. The third-order valence-corrected chi connectivity index (χ3v) is 3.60. The van der Waals surface area contributed by atoms with Gasteiger partial charge in [0.1, 0.15) is 0 Å². The Morgan fingerprint density at radius 3 is 2.65 bits per heavy atom. The molecule has 2 aromatic rings. The summed E-state index contributed by atoms with van der Waals surface area (Å²) in [6.45, 7) is 1.97. The van der Waals surface area contributed by atoms with Crippen LogP contribution in [0.1, 0.15) is 24.5 Å². The van der Waals surface area contributed by atoms with Gasteiger partial charge in [-0.25, -0.2) is 8.78 Å². The van der Waals surface area contributed by atoms with E-state index in [-0.39, 0.29) is 0 Å². The van der Waals surface area contributed by atoms with Crippen LogP contribution >= 0.6 is 0 Å². The Bertz CT molecular complexity index is 593. The van der Waals surface area contributed by atoms with E-state index >= 15 is 0 Å². The van der Waals surface area contributed by atoms with Gasteiger partial charge in [-0.3, -0.25) is 9.97 Å². The van der Waals surface area contributed by atoms with Crippen molar-refractivity contribution in [3.05, 3.63) is 47.9 Å². The lowest BCUT2D eigenvalue weighted by Gasteiger charge is -2.21. The second-order valence-corrected chi connectivity index (χ2v) is 5.00. The molecular weight excluding hydrogens is 260 g/mol. The molecule has 1 aliphatic heterocycles. The largest absolute Gasteiger partial charge is 0.316 e. The predicted molar refractivity (Wildman–Crippen MR) is 72.2 cm³/mol. The van der Waals surface area contributed by atoms with Gasteiger partial charge in [-0.2, -0.15) is 0 Å². The van der Waals surface area contributed by atoms with Gasteiger partial charge in [-0.05, 0) is 37.6 Å². The molecule has 104 valence electrons. The third kappa shape index (κ3) is 2.67. The molecule has 0 aliphatic carbocycles. The highest BCUT2D eigenvalue weighted by atomic mass is 19.2. The number of rotatable bonds is 2. The SMILES string of the molecule is Fc1ccc(-c2cnc([C@H]3CCCNC3)cn2)cc1F. The fraction of sp³-hybridized carbons (Fsp3) is 0.333. The maximum Gasteiger partial charge on any atom is 0.159 e. The van der Waals surface area contributed by atoms with Crippen LogP contribution < -0.4 is 5.32 Å². The lowest BCUT2D eigenvalue weighted by Crippen LogP contribution is -2.28. The van der Waals surface area contributed by atoms with Crippen molar-refractivity contribution in [3.8, 4) is 11.3 Å². The molecule has 3 nitrogen and oxygen atoms in total. The summed E-state index contributed by atoms with van der Waals surface area (Å²) >= 11 is 0. The van der Waals surface area contributed by atoms with Gasteiger partial charge in [0.25, 0.3) is 0 Å². The van der Waals surface area contributed by atoms with E-state index in [2.05, 4.69) is 15.3 Å². The maximum atomic E-state index is 13.2. The van der Waals surface area contributed by atoms with Crippen molar-refractivity contribution in [2.45, 2.75) is 18.8 Å². The summed E-state index contributed by atoms with van der Waals surface area (Å²) in [5.41, 5.74) is 2.03. The van der Waals surface area contributed by atoms with Gasteiger partial charge in [0, 0.05) is 24.2 Å². The smallest absolute Gasteiger partial charge is 0.159 e. The number of piperidine rings is 1. The Morgan fingerprint density at radius 1 is 1.10 bits per heavy atom. The normalized spacial score (nSPS) is 19.0. The Balaban J connectivity index is 1.83. The number of halogens is 2. The Hall–Kier alpha value is -1.88. The molecule has 1 aromatic carbocycles. The van der Waals surface area contributed by atoms with E-state index in [1.807, 2.05) is 0 Å². The van der Waals surface area contributed by atoms with E-state index in [4.69, 9.17) is 0 Å². The number of hydrogen-bond donors (Lipinski definition) is 1. The molecule has 1 saturated heterocycles. The molecule has 0 radical (unpaired) electrons. The molecule has 1 aliphatic rings. The van der Waals surface area contributed by atoms with Crippen LogP contribution in [0.4, 0.5) is 8.78 Å². The van der Waals surface area contributed by atoms with Crippen molar-refractivity contribution in [1.29, 1.82) is 0 Å². The van der Waals surface area contributed by atoms with Crippen LogP contribution in [0.2, 0.25) is 0 Å². The van der Waals surface area contributed by atoms with E-state index in [0.29, 0.717) is 17.2 Å². The van der Waals surface area contributed by atoms with Crippen LogP contribution in [0, 0.1) is 11.6 Å². The quantitative estimate of drug-likeness (QED) is 0.915.